The molecule has 0 fully saturated rings. The quantitative estimate of drug-likeness (QED) is 0.194. The Morgan fingerprint density at radius 2 is 1.72 bits per heavy atom. The van der Waals surface area contributed by atoms with Gasteiger partial charge in [-0.3, -0.25) is 4.79 Å². The van der Waals surface area contributed by atoms with Crippen molar-refractivity contribution in [2.75, 3.05) is 13.7 Å². The Hall–Kier alpha value is -2.42. The average molecular weight is 656 g/mol. The maximum absolute atomic E-state index is 10.7. The molecule has 0 atom stereocenters. The van der Waals surface area contributed by atoms with Crippen molar-refractivity contribution in [2.45, 2.75) is 25.8 Å². The molecule has 164 valence electrons. The molecule has 1 N–H and O–H groups in total. The fraction of sp³-hybridized carbons (Fsp3) is 0.231. The number of nitrogens with zero attached hydrogens (tertiary/aromatic N) is 1. The molecule has 0 amide bonds. The number of hydrogen-bond donors (Lipinski definition) is 1. The first-order valence-electron chi connectivity index (χ1n) is 10.3. The van der Waals surface area contributed by atoms with Crippen LogP contribution in [0.15, 0.2) is 66.7 Å². The van der Waals surface area contributed by atoms with Crippen LogP contribution < -0.4 is 9.47 Å². The van der Waals surface area contributed by atoms with Gasteiger partial charge in [-0.25, -0.2) is 0 Å². The molecule has 0 saturated heterocycles. The van der Waals surface area contributed by atoms with Crippen molar-refractivity contribution < 1.29 is 50.5 Å². The number of para-hydroxylation sites is 1. The second kappa shape index (κ2) is 13.2. The first-order valence-corrected chi connectivity index (χ1v) is 10.3. The molecule has 5 nitrogen and oxygen atoms in total. The molecule has 32 heavy (non-hydrogen) atoms. The summed E-state index contributed by atoms with van der Waals surface area (Å²) in [6.07, 6.45) is 2.03. The Morgan fingerprint density at radius 3 is 2.41 bits per heavy atom. The van der Waals surface area contributed by atoms with Crippen molar-refractivity contribution in [2.24, 2.45) is 0 Å². The number of benzene rings is 3. The fourth-order valence-electron chi connectivity index (χ4n) is 3.35. The number of carboxylic acids is 1. The van der Waals surface area contributed by atoms with E-state index in [-0.39, 0.29) is 37.5 Å². The minimum atomic E-state index is -0.777. The monoisotopic (exact) mass is 655 g/mol. The van der Waals surface area contributed by atoms with Crippen LogP contribution in [0.2, 0.25) is 0 Å². The molecule has 0 spiro atoms. The first-order chi connectivity index (χ1) is 15.1. The number of aromatic nitrogens is 1. The average Bonchev–Trinajstić information content (AvgIpc) is 3.12. The van der Waals surface area contributed by atoms with Crippen LogP contribution in [-0.2, 0) is 11.3 Å². The first kappa shape index (κ1) is 25.8. The fourth-order valence-corrected chi connectivity index (χ4v) is 3.35. The third kappa shape index (κ3) is 6.79. The summed E-state index contributed by atoms with van der Waals surface area (Å²) in [6, 6.07) is 24.5. The largest absolute Gasteiger partial charge is 2.00 e. The number of ether oxygens (including phenoxy) is 2. The van der Waals surface area contributed by atoms with Gasteiger partial charge in [0.05, 0.1) is 20.1 Å². The maximum Gasteiger partial charge on any atom is 2.00 e. The normalized spacial score (nSPS) is 10.2. The van der Waals surface area contributed by atoms with Crippen LogP contribution in [0.5, 0.6) is 11.5 Å². The zero-order chi connectivity index (χ0) is 22.1. The standard InChI is InChI=1S/C15H12NO2.C11H15O2.U/c17-15(18)9-10-16-13-7-3-1-5-11(13)12-6-2-4-8-14(12)16;1-3-4-9-13-11-7-5-10(12-2)6-8-11;/h1-3,5-8H,9-10H2,(H,17,18);5-8H,1,3-4,9H2,2H3;/q2*-1;+2. The Morgan fingerprint density at radius 1 is 1.03 bits per heavy atom. The maximum atomic E-state index is 10.7. The van der Waals surface area contributed by atoms with Gasteiger partial charge < -0.3 is 26.1 Å². The summed E-state index contributed by atoms with van der Waals surface area (Å²) in [7, 11) is 1.65. The second-order valence-electron chi connectivity index (χ2n) is 6.99. The summed E-state index contributed by atoms with van der Waals surface area (Å²) in [4.78, 5) is 10.7. The molecule has 0 aliphatic heterocycles. The molecule has 1 heterocycles. The van der Waals surface area contributed by atoms with Gasteiger partial charge in [-0.2, -0.15) is 30.7 Å². The summed E-state index contributed by atoms with van der Waals surface area (Å²) < 4.78 is 12.5. The van der Waals surface area contributed by atoms with Crippen LogP contribution in [0.25, 0.3) is 21.8 Å². The van der Waals surface area contributed by atoms with Crippen molar-refractivity contribution >= 4 is 27.8 Å². The third-order valence-corrected chi connectivity index (χ3v) is 4.89. The van der Waals surface area contributed by atoms with Crippen molar-refractivity contribution in [1.82, 2.24) is 4.57 Å². The Balaban J connectivity index is 0.000000232. The molecule has 0 radical (unpaired) electrons. The van der Waals surface area contributed by atoms with Crippen molar-refractivity contribution in [3.63, 3.8) is 0 Å². The second-order valence-corrected chi connectivity index (χ2v) is 6.99. The Labute approximate surface area is 212 Å². The molecule has 0 unspecified atom stereocenters. The number of aryl methyl sites for hydroxylation is 1. The summed E-state index contributed by atoms with van der Waals surface area (Å²) in [6.45, 7) is 4.96. The predicted octanol–water partition coefficient (Wildman–Crippen LogP) is 5.76. The van der Waals surface area contributed by atoms with E-state index in [0.717, 1.165) is 52.8 Å². The number of methoxy groups -OCH3 is 1. The smallest absolute Gasteiger partial charge is 0.497 e. The molecule has 4 aromatic rings. The van der Waals surface area contributed by atoms with Crippen molar-refractivity contribution in [3.8, 4) is 11.5 Å². The number of carboxylic acid groups (broad SMARTS) is 1. The van der Waals surface area contributed by atoms with E-state index >= 15 is 0 Å². The molecule has 3 aromatic carbocycles. The number of fused-ring (bicyclic) bond motifs is 3. The van der Waals surface area contributed by atoms with Gasteiger partial charge in [0, 0.05) is 12.1 Å². The van der Waals surface area contributed by atoms with Crippen LogP contribution >= 0.6 is 0 Å². The zero-order valence-electron chi connectivity index (χ0n) is 18.2. The summed E-state index contributed by atoms with van der Waals surface area (Å²) in [5, 5.41) is 11.1. The van der Waals surface area contributed by atoms with Gasteiger partial charge in [0.15, 0.2) is 0 Å². The van der Waals surface area contributed by atoms with E-state index in [1.165, 1.54) is 0 Å². The number of rotatable bonds is 8. The summed E-state index contributed by atoms with van der Waals surface area (Å²) >= 11 is 0. The molecule has 1 aromatic heterocycles. The van der Waals surface area contributed by atoms with Gasteiger partial charge in [-0.15, -0.1) is 5.39 Å². The van der Waals surface area contributed by atoms with Crippen molar-refractivity contribution in [3.05, 3.63) is 79.7 Å². The Kier molecular flexibility index (Phi) is 10.7. The van der Waals surface area contributed by atoms with Crippen LogP contribution in [0.1, 0.15) is 19.3 Å². The van der Waals surface area contributed by atoms with Crippen molar-refractivity contribution in [1.29, 1.82) is 0 Å². The van der Waals surface area contributed by atoms with Gasteiger partial charge in [-0.05, 0) is 42.1 Å². The van der Waals surface area contributed by atoms with Gasteiger partial charge in [0.1, 0.15) is 11.5 Å². The number of carbonyl (C=O) groups is 1. The van der Waals surface area contributed by atoms with E-state index in [9.17, 15) is 4.79 Å². The van der Waals surface area contributed by atoms with E-state index in [1.807, 2.05) is 60.7 Å². The molecule has 0 aliphatic carbocycles. The molecule has 0 bridgehead atoms. The van der Waals surface area contributed by atoms with E-state index in [4.69, 9.17) is 14.6 Å². The van der Waals surface area contributed by atoms with Crippen LogP contribution in [0.4, 0.5) is 0 Å². The van der Waals surface area contributed by atoms with Gasteiger partial charge >= 0.3 is 37.1 Å². The summed E-state index contributed by atoms with van der Waals surface area (Å²) in [5.74, 6) is 0.958. The summed E-state index contributed by atoms with van der Waals surface area (Å²) in [5.41, 5.74) is 2.12. The minimum absolute atomic E-state index is 0. The van der Waals surface area contributed by atoms with Gasteiger partial charge in [0.25, 0.3) is 0 Å². The zero-order valence-corrected chi connectivity index (χ0v) is 22.4. The SMILES string of the molecule is O=C(O)CCn1c2c[c-]ccc2c2ccccc21.[CH2-]CCCOc1ccc(OC)cc1.[U+2]. The van der Waals surface area contributed by atoms with E-state index in [2.05, 4.69) is 23.6 Å². The number of unbranched alkanes of at least 4 members (excludes halogenated alkanes) is 1. The van der Waals surface area contributed by atoms with Crippen LogP contribution in [0.3, 0.4) is 0 Å². The number of hydrogen-bond acceptors (Lipinski definition) is 3. The number of aliphatic carboxylic acids is 1. The Bertz CT molecular complexity index is 1070. The molecule has 0 saturated carbocycles. The van der Waals surface area contributed by atoms with Gasteiger partial charge in [0.2, 0.25) is 0 Å². The van der Waals surface area contributed by atoms with Crippen LogP contribution in [0, 0.1) is 44.1 Å². The third-order valence-electron chi connectivity index (χ3n) is 4.89. The molecular weight excluding hydrogens is 628 g/mol. The van der Waals surface area contributed by atoms with E-state index in [1.54, 1.807) is 7.11 Å². The molecule has 4 rings (SSSR count). The van der Waals surface area contributed by atoms with E-state index in [0.29, 0.717) is 6.54 Å². The molecule has 0 aliphatic rings. The minimum Gasteiger partial charge on any atom is -0.497 e. The molecule has 6 heteroatoms. The predicted molar refractivity (Wildman–Crippen MR) is 124 cm³/mol. The topological polar surface area (TPSA) is 60.7 Å². The van der Waals surface area contributed by atoms with Crippen LogP contribution in [-0.4, -0.2) is 29.4 Å². The molecular formula is C26H27NO4U. The van der Waals surface area contributed by atoms with E-state index < -0.39 is 5.97 Å². The van der Waals surface area contributed by atoms with Gasteiger partial charge in [-0.1, -0.05) is 23.7 Å².